The number of ether oxygens (including phenoxy) is 1. The van der Waals surface area contributed by atoms with Crippen LogP contribution in [0.5, 0.6) is 5.75 Å². The van der Waals surface area contributed by atoms with E-state index in [2.05, 4.69) is 25.9 Å². The Labute approximate surface area is 103 Å². The van der Waals surface area contributed by atoms with Crippen LogP contribution in [0, 0.1) is 11.3 Å². The van der Waals surface area contributed by atoms with E-state index in [4.69, 9.17) is 10.00 Å². The monoisotopic (exact) mass is 242 g/mol. The first-order chi connectivity index (χ1) is 8.85. The molecule has 0 spiro atoms. The number of aromatic nitrogens is 4. The van der Waals surface area contributed by atoms with Gasteiger partial charge in [0.1, 0.15) is 17.4 Å². The molecule has 7 heteroatoms. The lowest BCUT2D eigenvalue weighted by Gasteiger charge is -2.07. The van der Waals surface area contributed by atoms with Crippen molar-refractivity contribution in [3.63, 3.8) is 0 Å². The number of tetrazole rings is 1. The van der Waals surface area contributed by atoms with Gasteiger partial charge in [0.25, 0.3) is 0 Å². The van der Waals surface area contributed by atoms with Crippen LogP contribution in [-0.2, 0) is 0 Å². The number of hydrogen-bond donors (Lipinski definition) is 2. The van der Waals surface area contributed by atoms with E-state index in [1.807, 2.05) is 30.3 Å². The number of nitrogens with one attached hydrogen (secondary N) is 2. The summed E-state index contributed by atoms with van der Waals surface area (Å²) in [6.07, 6.45) is 1.50. The van der Waals surface area contributed by atoms with E-state index < -0.39 is 0 Å². The fraction of sp³-hybridized carbons (Fsp3) is 0.0909. The smallest absolute Gasteiger partial charge is 0.216 e. The topological polar surface area (TPSA) is 99.5 Å². The summed E-state index contributed by atoms with van der Waals surface area (Å²) in [5.41, 5.74) is 1.02. The van der Waals surface area contributed by atoms with Crippen molar-refractivity contribution in [1.29, 1.82) is 5.26 Å². The predicted molar refractivity (Wildman–Crippen MR) is 64.4 cm³/mol. The molecule has 0 aliphatic carbocycles. The van der Waals surface area contributed by atoms with Crippen molar-refractivity contribution in [3.8, 4) is 11.8 Å². The summed E-state index contributed by atoms with van der Waals surface area (Å²) in [6, 6.07) is 9.35. The van der Waals surface area contributed by atoms with Crippen LogP contribution in [-0.4, -0.2) is 27.7 Å². The third-order valence-corrected chi connectivity index (χ3v) is 2.19. The number of hydrogen-bond acceptors (Lipinski definition) is 6. The number of rotatable bonds is 4. The van der Waals surface area contributed by atoms with Gasteiger partial charge in [-0.1, -0.05) is 12.1 Å². The highest BCUT2D eigenvalue weighted by Gasteiger charge is 2.06. The highest BCUT2D eigenvalue weighted by Crippen LogP contribution is 2.23. The fourth-order valence-corrected chi connectivity index (χ4v) is 1.34. The van der Waals surface area contributed by atoms with Crippen molar-refractivity contribution < 1.29 is 4.74 Å². The number of benzene rings is 1. The molecule has 0 saturated heterocycles. The number of allylic oxidation sites excluding steroid dienone is 1. The standard InChI is InChI=1S/C11H10N6O/c1-18-10-5-3-2-4-9(10)13-7-8(6-12)11-14-16-17-15-11/h2-5,7,13H,1H3,(H,14,15,16,17). The molecule has 0 aliphatic rings. The summed E-state index contributed by atoms with van der Waals surface area (Å²) in [5.74, 6) is 0.916. The quantitative estimate of drug-likeness (QED) is 0.781. The molecule has 18 heavy (non-hydrogen) atoms. The van der Waals surface area contributed by atoms with Gasteiger partial charge in [0.05, 0.1) is 12.8 Å². The van der Waals surface area contributed by atoms with Gasteiger partial charge in [-0.25, -0.2) is 0 Å². The Kier molecular flexibility index (Phi) is 3.51. The summed E-state index contributed by atoms with van der Waals surface area (Å²) in [4.78, 5) is 0. The van der Waals surface area contributed by atoms with Gasteiger partial charge in [-0.05, 0) is 17.3 Å². The zero-order chi connectivity index (χ0) is 12.8. The first-order valence-electron chi connectivity index (χ1n) is 5.09. The van der Waals surface area contributed by atoms with E-state index in [1.165, 1.54) is 6.20 Å². The van der Waals surface area contributed by atoms with Crippen LogP contribution in [0.3, 0.4) is 0 Å². The van der Waals surface area contributed by atoms with E-state index in [9.17, 15) is 0 Å². The van der Waals surface area contributed by atoms with E-state index in [0.29, 0.717) is 5.75 Å². The maximum absolute atomic E-state index is 8.99. The van der Waals surface area contributed by atoms with Gasteiger partial charge >= 0.3 is 0 Å². The number of para-hydroxylation sites is 2. The van der Waals surface area contributed by atoms with Crippen LogP contribution in [0.25, 0.3) is 5.57 Å². The van der Waals surface area contributed by atoms with Crippen LogP contribution >= 0.6 is 0 Å². The van der Waals surface area contributed by atoms with Gasteiger partial charge in [0.2, 0.25) is 5.82 Å². The molecule has 0 atom stereocenters. The number of methoxy groups -OCH3 is 1. The number of anilines is 1. The molecular formula is C11H10N6O. The lowest BCUT2D eigenvalue weighted by molar-refractivity contribution is 0.417. The summed E-state index contributed by atoms with van der Waals surface area (Å²) in [7, 11) is 1.58. The molecule has 90 valence electrons. The van der Waals surface area contributed by atoms with E-state index in [0.717, 1.165) is 5.69 Å². The maximum Gasteiger partial charge on any atom is 0.216 e. The fourth-order valence-electron chi connectivity index (χ4n) is 1.34. The van der Waals surface area contributed by atoms with Gasteiger partial charge in [0.15, 0.2) is 0 Å². The second kappa shape index (κ2) is 5.45. The van der Waals surface area contributed by atoms with E-state index in [-0.39, 0.29) is 11.4 Å². The molecule has 0 unspecified atom stereocenters. The first kappa shape index (κ1) is 11.6. The Morgan fingerprint density at radius 1 is 1.50 bits per heavy atom. The maximum atomic E-state index is 8.99. The Morgan fingerprint density at radius 2 is 2.33 bits per heavy atom. The van der Waals surface area contributed by atoms with Crippen LogP contribution in [0.2, 0.25) is 0 Å². The van der Waals surface area contributed by atoms with Gasteiger partial charge in [0, 0.05) is 6.20 Å². The van der Waals surface area contributed by atoms with Gasteiger partial charge in [-0.2, -0.15) is 10.5 Å². The van der Waals surface area contributed by atoms with Gasteiger partial charge in [-0.3, -0.25) is 0 Å². The SMILES string of the molecule is COc1ccccc1NC=C(C#N)c1nn[nH]n1. The zero-order valence-corrected chi connectivity index (χ0v) is 9.58. The van der Waals surface area contributed by atoms with Crippen LogP contribution in [0.4, 0.5) is 5.69 Å². The Hall–Kier alpha value is -2.88. The molecule has 0 amide bonds. The van der Waals surface area contributed by atoms with Crippen molar-refractivity contribution in [1.82, 2.24) is 20.6 Å². The third-order valence-electron chi connectivity index (χ3n) is 2.19. The largest absolute Gasteiger partial charge is 0.495 e. The van der Waals surface area contributed by atoms with Crippen molar-refractivity contribution in [2.45, 2.75) is 0 Å². The van der Waals surface area contributed by atoms with Crippen molar-refractivity contribution >= 4 is 11.3 Å². The number of H-pyrrole nitrogens is 1. The Morgan fingerprint density at radius 3 is 3.00 bits per heavy atom. The van der Waals surface area contributed by atoms with Crippen molar-refractivity contribution in [2.24, 2.45) is 0 Å². The van der Waals surface area contributed by atoms with Crippen LogP contribution in [0.1, 0.15) is 5.82 Å². The Balaban J connectivity index is 2.22. The molecular weight excluding hydrogens is 232 g/mol. The molecule has 2 aromatic rings. The molecule has 0 radical (unpaired) electrons. The second-order valence-corrected chi connectivity index (χ2v) is 3.25. The minimum absolute atomic E-state index is 0.236. The van der Waals surface area contributed by atoms with Gasteiger partial charge in [-0.15, -0.1) is 10.2 Å². The number of nitriles is 1. The summed E-state index contributed by atoms with van der Waals surface area (Å²) in [6.45, 7) is 0. The third kappa shape index (κ3) is 2.44. The molecule has 2 rings (SSSR count). The van der Waals surface area contributed by atoms with E-state index in [1.54, 1.807) is 7.11 Å². The highest BCUT2D eigenvalue weighted by molar-refractivity contribution is 5.74. The molecule has 0 bridgehead atoms. The predicted octanol–water partition coefficient (Wildman–Crippen LogP) is 1.18. The lowest BCUT2D eigenvalue weighted by atomic mass is 10.2. The van der Waals surface area contributed by atoms with Crippen LogP contribution in [0.15, 0.2) is 30.5 Å². The number of aromatic amines is 1. The normalized spacial score (nSPS) is 10.8. The second-order valence-electron chi connectivity index (χ2n) is 3.25. The summed E-state index contributed by atoms with van der Waals surface area (Å²) in [5, 5.41) is 25.1. The average molecular weight is 242 g/mol. The lowest BCUT2D eigenvalue weighted by Crippen LogP contribution is -1.95. The summed E-state index contributed by atoms with van der Waals surface area (Å²) >= 11 is 0. The average Bonchev–Trinajstić information content (AvgIpc) is 2.94. The summed E-state index contributed by atoms with van der Waals surface area (Å²) < 4.78 is 5.18. The number of nitrogens with zero attached hydrogens (tertiary/aromatic N) is 4. The molecule has 2 N–H and O–H groups in total. The molecule has 1 aromatic heterocycles. The Bertz CT molecular complexity index is 584. The molecule has 0 aliphatic heterocycles. The molecule has 1 heterocycles. The molecule has 0 saturated carbocycles. The van der Waals surface area contributed by atoms with Crippen molar-refractivity contribution in [2.75, 3.05) is 12.4 Å². The van der Waals surface area contributed by atoms with Crippen LogP contribution < -0.4 is 10.1 Å². The van der Waals surface area contributed by atoms with Gasteiger partial charge < -0.3 is 10.1 Å². The molecule has 0 fully saturated rings. The van der Waals surface area contributed by atoms with E-state index >= 15 is 0 Å². The first-order valence-corrected chi connectivity index (χ1v) is 5.09. The molecule has 7 nitrogen and oxygen atoms in total. The van der Waals surface area contributed by atoms with Crippen molar-refractivity contribution in [3.05, 3.63) is 36.3 Å². The minimum atomic E-state index is 0.236. The molecule has 1 aromatic carbocycles. The zero-order valence-electron chi connectivity index (χ0n) is 9.58. The minimum Gasteiger partial charge on any atom is -0.495 e. The highest BCUT2D eigenvalue weighted by atomic mass is 16.5.